The molecule has 14 heavy (non-hydrogen) atoms. The quantitative estimate of drug-likeness (QED) is 0.690. The molecular weight excluding hydrogens is 190 g/mol. The van der Waals surface area contributed by atoms with E-state index < -0.39 is 0 Å². The molecule has 0 spiro atoms. The van der Waals surface area contributed by atoms with Gasteiger partial charge in [-0.25, -0.2) is 0 Å². The molecule has 0 radical (unpaired) electrons. The lowest BCUT2D eigenvalue weighted by Gasteiger charge is -2.34. The summed E-state index contributed by atoms with van der Waals surface area (Å²) in [7, 11) is 0. The van der Waals surface area contributed by atoms with E-state index in [1.54, 1.807) is 0 Å². The molecule has 1 unspecified atom stereocenters. The molecule has 1 saturated carbocycles. The molecule has 0 aromatic carbocycles. The van der Waals surface area contributed by atoms with Gasteiger partial charge in [-0.3, -0.25) is 0 Å². The molecule has 1 nitrogen and oxygen atoms in total. The summed E-state index contributed by atoms with van der Waals surface area (Å²) in [6.07, 6.45) is 2.83. The van der Waals surface area contributed by atoms with Crippen LogP contribution < -0.4 is 0 Å². The summed E-state index contributed by atoms with van der Waals surface area (Å²) in [6.45, 7) is 11.7. The van der Waals surface area contributed by atoms with Crippen molar-refractivity contribution in [3.05, 3.63) is 0 Å². The second kappa shape index (κ2) is 4.89. The Morgan fingerprint density at radius 2 is 1.93 bits per heavy atom. The molecule has 1 aliphatic carbocycles. The molecule has 1 rings (SSSR count). The first-order valence-corrected chi connectivity index (χ1v) is 6.47. The highest BCUT2D eigenvalue weighted by Crippen LogP contribution is 2.32. The molecule has 0 amide bonds. The van der Waals surface area contributed by atoms with Crippen molar-refractivity contribution in [3.8, 4) is 0 Å². The van der Waals surface area contributed by atoms with Crippen molar-refractivity contribution in [1.82, 2.24) is 4.90 Å². The van der Waals surface area contributed by atoms with Crippen LogP contribution in [0.1, 0.15) is 40.5 Å². The van der Waals surface area contributed by atoms with Gasteiger partial charge in [0, 0.05) is 12.6 Å². The fourth-order valence-electron chi connectivity index (χ4n) is 1.86. The monoisotopic (exact) mass is 215 g/mol. The Morgan fingerprint density at radius 3 is 2.21 bits per heavy atom. The lowest BCUT2D eigenvalue weighted by Crippen LogP contribution is -2.37. The van der Waals surface area contributed by atoms with Gasteiger partial charge < -0.3 is 4.90 Å². The molecule has 0 aromatic rings. The summed E-state index contributed by atoms with van der Waals surface area (Å²) < 4.78 is 0. The van der Waals surface area contributed by atoms with Gasteiger partial charge in [-0.05, 0) is 36.5 Å². The zero-order valence-corrected chi connectivity index (χ0v) is 11.0. The molecule has 0 bridgehead atoms. The van der Waals surface area contributed by atoms with E-state index in [4.69, 9.17) is 0 Å². The lowest BCUT2D eigenvalue weighted by atomic mass is 9.81. The zero-order valence-electron chi connectivity index (χ0n) is 10.1. The third-order valence-electron chi connectivity index (χ3n) is 3.37. The average Bonchev–Trinajstić information content (AvgIpc) is 2.87. The third-order valence-corrected chi connectivity index (χ3v) is 3.81. The fourth-order valence-corrected chi connectivity index (χ4v) is 2.53. The highest BCUT2D eigenvalue weighted by Gasteiger charge is 2.32. The minimum absolute atomic E-state index is 0.393. The van der Waals surface area contributed by atoms with Crippen LogP contribution in [0, 0.1) is 11.3 Å². The summed E-state index contributed by atoms with van der Waals surface area (Å²) in [4.78, 5) is 2.63. The van der Waals surface area contributed by atoms with Crippen molar-refractivity contribution in [1.29, 1.82) is 0 Å². The largest absolute Gasteiger partial charge is 0.300 e. The van der Waals surface area contributed by atoms with Crippen LogP contribution in [-0.2, 0) is 0 Å². The van der Waals surface area contributed by atoms with Gasteiger partial charge in [0.2, 0.25) is 0 Å². The molecule has 0 heterocycles. The normalized spacial score (nSPS) is 20.1. The summed E-state index contributed by atoms with van der Waals surface area (Å²) >= 11 is 4.48. The first kappa shape index (κ1) is 12.4. The number of nitrogens with zero attached hydrogens (tertiary/aromatic N) is 1. The summed E-state index contributed by atoms with van der Waals surface area (Å²) in [5.41, 5.74) is 0.393. The van der Waals surface area contributed by atoms with Gasteiger partial charge in [0.05, 0.1) is 0 Å². The molecule has 1 aliphatic rings. The van der Waals surface area contributed by atoms with Crippen molar-refractivity contribution in [2.75, 3.05) is 18.8 Å². The van der Waals surface area contributed by atoms with Crippen LogP contribution >= 0.6 is 12.6 Å². The Hall–Kier alpha value is 0.310. The van der Waals surface area contributed by atoms with Gasteiger partial charge in [0.15, 0.2) is 0 Å². The van der Waals surface area contributed by atoms with Crippen molar-refractivity contribution in [3.63, 3.8) is 0 Å². The average molecular weight is 215 g/mol. The third kappa shape index (κ3) is 3.47. The number of rotatable bonds is 5. The van der Waals surface area contributed by atoms with Gasteiger partial charge >= 0.3 is 0 Å². The maximum atomic E-state index is 4.48. The standard InChI is InChI=1S/C12H25NS/c1-5-13(11-6-7-11)8-10(9-14)12(2,3)4/h10-11,14H,5-9H2,1-4H3. The number of hydrogen-bond donors (Lipinski definition) is 1. The SMILES string of the molecule is CCN(CC(CS)C(C)(C)C)C1CC1. The highest BCUT2D eigenvalue weighted by molar-refractivity contribution is 7.80. The maximum absolute atomic E-state index is 4.48. The van der Waals surface area contributed by atoms with Gasteiger partial charge in [-0.1, -0.05) is 27.7 Å². The minimum atomic E-state index is 0.393. The van der Waals surface area contributed by atoms with Crippen LogP contribution in [0.4, 0.5) is 0 Å². The van der Waals surface area contributed by atoms with Gasteiger partial charge in [-0.2, -0.15) is 12.6 Å². The topological polar surface area (TPSA) is 3.24 Å². The number of hydrogen-bond acceptors (Lipinski definition) is 2. The molecular formula is C12H25NS. The van der Waals surface area contributed by atoms with Crippen LogP contribution in [0.5, 0.6) is 0 Å². The van der Waals surface area contributed by atoms with E-state index in [0.717, 1.165) is 11.8 Å². The summed E-state index contributed by atoms with van der Waals surface area (Å²) in [6, 6.07) is 0.893. The van der Waals surface area contributed by atoms with Gasteiger partial charge in [-0.15, -0.1) is 0 Å². The maximum Gasteiger partial charge on any atom is 0.00964 e. The van der Waals surface area contributed by atoms with Crippen LogP contribution in [0.3, 0.4) is 0 Å². The van der Waals surface area contributed by atoms with Crippen LogP contribution in [0.2, 0.25) is 0 Å². The molecule has 0 aliphatic heterocycles. The molecule has 1 fully saturated rings. The predicted octanol–water partition coefficient (Wildman–Crippen LogP) is 3.06. The Labute approximate surface area is 94.7 Å². The fraction of sp³-hybridized carbons (Fsp3) is 1.00. The van der Waals surface area contributed by atoms with Crippen molar-refractivity contribution in [2.24, 2.45) is 11.3 Å². The van der Waals surface area contributed by atoms with E-state index in [-0.39, 0.29) is 0 Å². The first-order chi connectivity index (χ1) is 6.49. The minimum Gasteiger partial charge on any atom is -0.300 e. The highest BCUT2D eigenvalue weighted by atomic mass is 32.1. The van der Waals surface area contributed by atoms with Crippen LogP contribution in [0.25, 0.3) is 0 Å². The first-order valence-electron chi connectivity index (χ1n) is 5.84. The van der Waals surface area contributed by atoms with E-state index in [1.165, 1.54) is 25.9 Å². The molecule has 1 atom stereocenters. The molecule has 0 saturated heterocycles. The zero-order chi connectivity index (χ0) is 10.8. The predicted molar refractivity (Wildman–Crippen MR) is 67.1 cm³/mol. The second-order valence-corrected chi connectivity index (χ2v) is 5.93. The van der Waals surface area contributed by atoms with Gasteiger partial charge in [0.1, 0.15) is 0 Å². The summed E-state index contributed by atoms with van der Waals surface area (Å²) in [5, 5.41) is 0. The van der Waals surface area contributed by atoms with Gasteiger partial charge in [0.25, 0.3) is 0 Å². The van der Waals surface area contributed by atoms with Crippen molar-refractivity contribution in [2.45, 2.75) is 46.6 Å². The molecule has 0 N–H and O–H groups in total. The summed E-state index contributed by atoms with van der Waals surface area (Å²) in [5.74, 6) is 1.72. The molecule has 0 aromatic heterocycles. The Balaban J connectivity index is 2.45. The Kier molecular flexibility index (Phi) is 4.32. The molecule has 2 heteroatoms. The van der Waals surface area contributed by atoms with Crippen molar-refractivity contribution >= 4 is 12.6 Å². The van der Waals surface area contributed by atoms with Crippen LogP contribution in [-0.4, -0.2) is 29.8 Å². The Bertz CT molecular complexity index is 170. The second-order valence-electron chi connectivity index (χ2n) is 5.56. The Morgan fingerprint density at radius 1 is 1.36 bits per heavy atom. The van der Waals surface area contributed by atoms with E-state index in [2.05, 4.69) is 45.2 Å². The van der Waals surface area contributed by atoms with E-state index in [1.807, 2.05) is 0 Å². The van der Waals surface area contributed by atoms with E-state index >= 15 is 0 Å². The van der Waals surface area contributed by atoms with E-state index in [0.29, 0.717) is 11.3 Å². The number of thiol groups is 1. The van der Waals surface area contributed by atoms with E-state index in [9.17, 15) is 0 Å². The van der Waals surface area contributed by atoms with Crippen LogP contribution in [0.15, 0.2) is 0 Å². The smallest absolute Gasteiger partial charge is 0.00964 e. The molecule has 84 valence electrons. The van der Waals surface area contributed by atoms with Crippen molar-refractivity contribution < 1.29 is 0 Å². The lowest BCUT2D eigenvalue weighted by molar-refractivity contribution is 0.164.